The van der Waals surface area contributed by atoms with E-state index in [9.17, 15) is 4.79 Å². The lowest BCUT2D eigenvalue weighted by molar-refractivity contribution is 0.0936. The zero-order valence-electron chi connectivity index (χ0n) is 11.8. The fourth-order valence-corrected chi connectivity index (χ4v) is 2.04. The molecule has 2 rings (SSSR count). The number of amides is 1. The van der Waals surface area contributed by atoms with Crippen LogP contribution in [0.2, 0.25) is 0 Å². The highest BCUT2D eigenvalue weighted by atomic mass is 16.5. The lowest BCUT2D eigenvalue weighted by Gasteiger charge is -2.13. The highest BCUT2D eigenvalue weighted by Crippen LogP contribution is 2.32. The second kappa shape index (κ2) is 6.60. The number of carbonyl (C=O) groups excluding carboxylic acids is 1. The molecule has 0 spiro atoms. The summed E-state index contributed by atoms with van der Waals surface area (Å²) >= 11 is 0. The van der Waals surface area contributed by atoms with E-state index >= 15 is 0 Å². The number of rotatable bonds is 7. The third kappa shape index (κ3) is 4.27. The topological polar surface area (TPSA) is 38.3 Å². The largest absolute Gasteiger partial charge is 0.494 e. The van der Waals surface area contributed by atoms with Gasteiger partial charge in [0.1, 0.15) is 5.75 Å². The quantitative estimate of drug-likeness (QED) is 0.764. The lowest BCUT2D eigenvalue weighted by Crippen LogP contribution is -2.33. The molecule has 1 saturated carbocycles. The smallest absolute Gasteiger partial charge is 0.251 e. The van der Waals surface area contributed by atoms with Gasteiger partial charge in [0.25, 0.3) is 5.91 Å². The summed E-state index contributed by atoms with van der Waals surface area (Å²) in [6, 6.07) is 7.68. The van der Waals surface area contributed by atoms with Gasteiger partial charge in [0, 0.05) is 11.6 Å². The van der Waals surface area contributed by atoms with E-state index in [4.69, 9.17) is 4.74 Å². The summed E-state index contributed by atoms with van der Waals surface area (Å²) in [7, 11) is 0. The van der Waals surface area contributed by atoms with Crippen LogP contribution in [0.1, 0.15) is 49.9 Å². The van der Waals surface area contributed by atoms with E-state index in [-0.39, 0.29) is 11.9 Å². The molecule has 0 aliphatic heterocycles. The van der Waals surface area contributed by atoms with E-state index in [0.29, 0.717) is 11.5 Å². The van der Waals surface area contributed by atoms with Crippen LogP contribution in [0.5, 0.6) is 5.75 Å². The van der Waals surface area contributed by atoms with Crippen LogP contribution < -0.4 is 10.1 Å². The van der Waals surface area contributed by atoms with E-state index in [1.54, 1.807) is 0 Å². The Kier molecular flexibility index (Phi) is 4.83. The zero-order chi connectivity index (χ0) is 13.7. The van der Waals surface area contributed by atoms with Gasteiger partial charge in [-0.3, -0.25) is 4.79 Å². The Morgan fingerprint density at radius 2 is 2.05 bits per heavy atom. The molecule has 0 radical (unpaired) electrons. The van der Waals surface area contributed by atoms with Crippen molar-refractivity contribution in [1.29, 1.82) is 0 Å². The predicted octanol–water partition coefficient (Wildman–Crippen LogP) is 3.39. The number of hydrogen-bond acceptors (Lipinski definition) is 2. The van der Waals surface area contributed by atoms with Crippen LogP contribution in [0.25, 0.3) is 0 Å². The van der Waals surface area contributed by atoms with Crippen molar-refractivity contribution in [2.45, 2.75) is 45.6 Å². The SMILES string of the molecule is CCCCOc1ccc(C(=O)NC(C)C2CC2)cc1. The van der Waals surface area contributed by atoms with Crippen molar-refractivity contribution in [3.8, 4) is 5.75 Å². The van der Waals surface area contributed by atoms with Gasteiger partial charge in [-0.15, -0.1) is 0 Å². The van der Waals surface area contributed by atoms with Gasteiger partial charge in [0.15, 0.2) is 0 Å². The molecule has 1 aliphatic rings. The Hall–Kier alpha value is -1.51. The highest BCUT2D eigenvalue weighted by Gasteiger charge is 2.28. The molecule has 1 atom stereocenters. The van der Waals surface area contributed by atoms with Gasteiger partial charge in [-0.1, -0.05) is 13.3 Å². The molecule has 1 aliphatic carbocycles. The molecule has 1 aromatic carbocycles. The van der Waals surface area contributed by atoms with Crippen molar-refractivity contribution in [3.05, 3.63) is 29.8 Å². The predicted molar refractivity (Wildman–Crippen MR) is 76.5 cm³/mol. The fourth-order valence-electron chi connectivity index (χ4n) is 2.04. The number of carbonyl (C=O) groups is 1. The summed E-state index contributed by atoms with van der Waals surface area (Å²) < 4.78 is 5.58. The first-order chi connectivity index (χ1) is 9.20. The maximum Gasteiger partial charge on any atom is 0.251 e. The Bertz CT molecular complexity index is 409. The Balaban J connectivity index is 1.84. The van der Waals surface area contributed by atoms with Crippen molar-refractivity contribution < 1.29 is 9.53 Å². The standard InChI is InChI=1S/C16H23NO2/c1-3-4-11-19-15-9-7-14(8-10-15)16(18)17-12(2)13-5-6-13/h7-10,12-13H,3-6,11H2,1-2H3,(H,17,18). The maximum atomic E-state index is 12.0. The third-order valence-electron chi connectivity index (χ3n) is 3.57. The summed E-state index contributed by atoms with van der Waals surface area (Å²) in [4.78, 5) is 12.0. The van der Waals surface area contributed by atoms with Crippen molar-refractivity contribution in [2.75, 3.05) is 6.61 Å². The first-order valence-electron chi connectivity index (χ1n) is 7.24. The maximum absolute atomic E-state index is 12.0. The molecule has 3 heteroatoms. The molecule has 1 fully saturated rings. The van der Waals surface area contributed by atoms with Gasteiger partial charge < -0.3 is 10.1 Å². The van der Waals surface area contributed by atoms with E-state index < -0.39 is 0 Å². The minimum atomic E-state index is 0.0134. The summed E-state index contributed by atoms with van der Waals surface area (Å²) in [6.45, 7) is 4.95. The van der Waals surface area contributed by atoms with Crippen LogP contribution in [-0.2, 0) is 0 Å². The minimum Gasteiger partial charge on any atom is -0.494 e. The van der Waals surface area contributed by atoms with Crippen molar-refractivity contribution in [3.63, 3.8) is 0 Å². The van der Waals surface area contributed by atoms with Crippen molar-refractivity contribution in [2.24, 2.45) is 5.92 Å². The molecule has 3 nitrogen and oxygen atoms in total. The molecule has 104 valence electrons. The van der Waals surface area contributed by atoms with Gasteiger partial charge in [-0.25, -0.2) is 0 Å². The molecule has 1 amide bonds. The van der Waals surface area contributed by atoms with Crippen LogP contribution in [0.3, 0.4) is 0 Å². The first kappa shape index (κ1) is 13.9. The first-order valence-corrected chi connectivity index (χ1v) is 7.24. The molecule has 1 aromatic rings. The number of nitrogens with one attached hydrogen (secondary N) is 1. The molecule has 0 saturated heterocycles. The molecule has 19 heavy (non-hydrogen) atoms. The van der Waals surface area contributed by atoms with Gasteiger partial charge in [-0.05, 0) is 56.4 Å². The Morgan fingerprint density at radius 3 is 2.63 bits per heavy atom. The van der Waals surface area contributed by atoms with E-state index in [1.165, 1.54) is 12.8 Å². The minimum absolute atomic E-state index is 0.0134. The molecular formula is C16H23NO2. The van der Waals surface area contributed by atoms with Gasteiger partial charge in [0.05, 0.1) is 6.61 Å². The molecule has 0 heterocycles. The van der Waals surface area contributed by atoms with Crippen LogP contribution in [0, 0.1) is 5.92 Å². The van der Waals surface area contributed by atoms with Crippen LogP contribution in [0.15, 0.2) is 24.3 Å². The number of hydrogen-bond donors (Lipinski definition) is 1. The molecule has 1 unspecified atom stereocenters. The zero-order valence-corrected chi connectivity index (χ0v) is 11.8. The summed E-state index contributed by atoms with van der Waals surface area (Å²) in [6.07, 6.45) is 4.66. The number of benzene rings is 1. The van der Waals surface area contributed by atoms with E-state index in [0.717, 1.165) is 25.2 Å². The van der Waals surface area contributed by atoms with Crippen LogP contribution >= 0.6 is 0 Å². The lowest BCUT2D eigenvalue weighted by atomic mass is 10.1. The van der Waals surface area contributed by atoms with E-state index in [2.05, 4.69) is 19.2 Å². The summed E-state index contributed by atoms with van der Waals surface area (Å²) in [5, 5.41) is 3.05. The Morgan fingerprint density at radius 1 is 1.37 bits per heavy atom. The summed E-state index contributed by atoms with van der Waals surface area (Å²) in [5.41, 5.74) is 0.704. The molecule has 0 bridgehead atoms. The van der Waals surface area contributed by atoms with Gasteiger partial charge in [0.2, 0.25) is 0 Å². The average molecular weight is 261 g/mol. The van der Waals surface area contributed by atoms with Crippen molar-refractivity contribution >= 4 is 5.91 Å². The van der Waals surface area contributed by atoms with Crippen LogP contribution in [-0.4, -0.2) is 18.6 Å². The molecule has 0 aromatic heterocycles. The highest BCUT2D eigenvalue weighted by molar-refractivity contribution is 5.94. The summed E-state index contributed by atoms with van der Waals surface area (Å²) in [5.74, 6) is 1.53. The van der Waals surface area contributed by atoms with Crippen molar-refractivity contribution in [1.82, 2.24) is 5.32 Å². The monoisotopic (exact) mass is 261 g/mol. The van der Waals surface area contributed by atoms with Gasteiger partial charge in [-0.2, -0.15) is 0 Å². The third-order valence-corrected chi connectivity index (χ3v) is 3.57. The molecular weight excluding hydrogens is 238 g/mol. The second-order valence-electron chi connectivity index (χ2n) is 5.33. The molecule has 1 N–H and O–H groups in total. The number of ether oxygens (including phenoxy) is 1. The fraction of sp³-hybridized carbons (Fsp3) is 0.562. The average Bonchev–Trinajstić information content (AvgIpc) is 3.24. The van der Waals surface area contributed by atoms with Crippen LogP contribution in [0.4, 0.5) is 0 Å². The van der Waals surface area contributed by atoms with E-state index in [1.807, 2.05) is 24.3 Å². The van der Waals surface area contributed by atoms with Gasteiger partial charge >= 0.3 is 0 Å². The number of unbranched alkanes of at least 4 members (excludes halogenated alkanes) is 1. The Labute approximate surface area is 115 Å². The second-order valence-corrected chi connectivity index (χ2v) is 5.33. The normalized spacial score (nSPS) is 15.9.